The molecular weight excluding hydrogens is 163 g/mol. The Bertz CT molecular complexity index is 170. The summed E-state index contributed by atoms with van der Waals surface area (Å²) in [5, 5.41) is 3.79. The van der Waals surface area contributed by atoms with Crippen LogP contribution in [0, 0.1) is 0 Å². The van der Waals surface area contributed by atoms with Crippen LogP contribution in [0.15, 0.2) is 9.53 Å². The molecule has 0 saturated heterocycles. The molecule has 0 saturated carbocycles. The predicted molar refractivity (Wildman–Crippen MR) is 37.7 cm³/mol. The maximum Gasteiger partial charge on any atom is 0.661 e. The monoisotopic (exact) mass is 163 g/mol. The molecule has 0 radical (unpaired) electrons. The van der Waals surface area contributed by atoms with Gasteiger partial charge in [0.2, 0.25) is 0 Å². The van der Waals surface area contributed by atoms with E-state index in [1.54, 1.807) is 0 Å². The summed E-state index contributed by atoms with van der Waals surface area (Å²) in [6.45, 7) is 0. The van der Waals surface area contributed by atoms with Crippen molar-refractivity contribution in [2.75, 3.05) is 0 Å². The highest BCUT2D eigenvalue weighted by Gasteiger charge is 2.07. The summed E-state index contributed by atoms with van der Waals surface area (Å²) < 4.78 is 16.4. The molecule has 0 heterocycles. The maximum absolute atomic E-state index is 10.2. The van der Waals surface area contributed by atoms with Crippen LogP contribution in [0.1, 0.15) is 0 Å². The predicted octanol–water partition coefficient (Wildman–Crippen LogP) is 1.85. The Kier molecular flexibility index (Phi) is 4.67. The molecular formula is C2N2OPS2+. The molecule has 0 atom stereocenters. The summed E-state index contributed by atoms with van der Waals surface area (Å²) in [6.07, 6.45) is 0. The van der Waals surface area contributed by atoms with Gasteiger partial charge in [-0.25, -0.2) is 0 Å². The fourth-order valence-corrected chi connectivity index (χ4v) is 0.696. The van der Waals surface area contributed by atoms with E-state index in [-0.39, 0.29) is 0 Å². The van der Waals surface area contributed by atoms with Crippen molar-refractivity contribution in [3.05, 3.63) is 0 Å². The first kappa shape index (κ1) is 7.70. The lowest BCUT2D eigenvalue weighted by molar-refractivity contribution is 0.590. The molecule has 8 heavy (non-hydrogen) atoms. The van der Waals surface area contributed by atoms with Gasteiger partial charge >= 0.3 is 8.10 Å². The highest BCUT2D eigenvalue weighted by atomic mass is 32.1. The molecule has 0 aromatic rings. The third-order valence-electron chi connectivity index (χ3n) is 0.253. The Morgan fingerprint density at radius 3 is 1.88 bits per heavy atom. The average molecular weight is 163 g/mol. The van der Waals surface area contributed by atoms with E-state index in [0.29, 0.717) is 0 Å². The van der Waals surface area contributed by atoms with Gasteiger partial charge in [0.1, 0.15) is 10.3 Å². The maximum atomic E-state index is 10.2. The number of nitrogens with zero attached hydrogens (tertiary/aromatic N) is 2. The molecule has 0 amide bonds. The first-order valence-corrected chi connectivity index (χ1v) is 3.42. The van der Waals surface area contributed by atoms with E-state index in [9.17, 15) is 4.57 Å². The first-order valence-electron chi connectivity index (χ1n) is 1.44. The smallest absolute Gasteiger partial charge is 0.00468 e. The molecule has 0 aliphatic heterocycles. The van der Waals surface area contributed by atoms with Crippen molar-refractivity contribution in [1.82, 2.24) is 0 Å². The Hall–Kier alpha value is -0.300. The molecule has 0 N–H and O–H groups in total. The Labute approximate surface area is 57.4 Å². The van der Waals surface area contributed by atoms with Crippen molar-refractivity contribution in [3.63, 3.8) is 0 Å². The normalized spacial score (nSPS) is 8.25. The number of hydrogen-bond acceptors (Lipinski definition) is 3. The van der Waals surface area contributed by atoms with Gasteiger partial charge in [-0.2, -0.15) is 0 Å². The van der Waals surface area contributed by atoms with Gasteiger partial charge in [-0.05, 0) is 29.0 Å². The van der Waals surface area contributed by atoms with Crippen molar-refractivity contribution in [2.45, 2.75) is 0 Å². The van der Waals surface area contributed by atoms with E-state index in [0.717, 1.165) is 0 Å². The van der Waals surface area contributed by atoms with Gasteiger partial charge in [-0.1, -0.05) is 0 Å². The number of isothiocyanates is 2. The van der Waals surface area contributed by atoms with Crippen molar-refractivity contribution in [2.24, 2.45) is 9.53 Å². The molecule has 3 nitrogen and oxygen atoms in total. The molecule has 0 aliphatic rings. The molecule has 0 spiro atoms. The van der Waals surface area contributed by atoms with Gasteiger partial charge in [-0.15, -0.1) is 0 Å². The molecule has 6 heteroatoms. The lowest BCUT2D eigenvalue weighted by Gasteiger charge is -1.47. The zero-order valence-electron chi connectivity index (χ0n) is 3.57. The van der Waals surface area contributed by atoms with Crippen molar-refractivity contribution in [1.29, 1.82) is 0 Å². The second kappa shape index (κ2) is 4.85. The molecule has 0 bridgehead atoms. The van der Waals surface area contributed by atoms with E-state index < -0.39 is 8.10 Å². The summed E-state index contributed by atoms with van der Waals surface area (Å²) in [4.78, 5) is 0. The fraction of sp³-hybridized carbons (Fsp3) is 0. The molecule has 0 aliphatic carbocycles. The zero-order valence-corrected chi connectivity index (χ0v) is 6.09. The number of thiocarbonyl (C=S) groups is 2. The van der Waals surface area contributed by atoms with Crippen LogP contribution in [0.2, 0.25) is 0 Å². The summed E-state index contributed by atoms with van der Waals surface area (Å²) in [7, 11) is -2.01. The minimum absolute atomic E-state index is 1.90. The van der Waals surface area contributed by atoms with Crippen LogP contribution in [0.25, 0.3) is 0 Å². The highest BCUT2D eigenvalue weighted by molar-refractivity contribution is 7.79. The zero-order chi connectivity index (χ0) is 6.41. The van der Waals surface area contributed by atoms with Gasteiger partial charge in [0, 0.05) is 0 Å². The largest absolute Gasteiger partial charge is 0.661 e. The highest BCUT2D eigenvalue weighted by Crippen LogP contribution is 2.20. The Morgan fingerprint density at radius 2 is 1.62 bits per heavy atom. The first-order chi connectivity index (χ1) is 3.81. The topological polar surface area (TPSA) is 41.8 Å². The van der Waals surface area contributed by atoms with Gasteiger partial charge in [-0.3, -0.25) is 0 Å². The minimum Gasteiger partial charge on any atom is -0.00468 e. The number of rotatable bonds is 2. The van der Waals surface area contributed by atoms with Crippen LogP contribution in [0.5, 0.6) is 0 Å². The van der Waals surface area contributed by atoms with E-state index in [1.165, 1.54) is 0 Å². The second-order valence-corrected chi connectivity index (χ2v) is 1.91. The van der Waals surface area contributed by atoms with Crippen LogP contribution < -0.4 is 0 Å². The van der Waals surface area contributed by atoms with Crippen molar-refractivity contribution in [3.8, 4) is 0 Å². The number of hydrogen-bond donors (Lipinski definition) is 0. The molecule has 0 fully saturated rings. The van der Waals surface area contributed by atoms with Crippen LogP contribution in [-0.4, -0.2) is 10.3 Å². The molecule has 0 aromatic carbocycles. The summed E-state index contributed by atoms with van der Waals surface area (Å²) in [5.41, 5.74) is 0. The van der Waals surface area contributed by atoms with E-state index in [1.807, 2.05) is 10.3 Å². The molecule has 0 rings (SSSR count). The van der Waals surface area contributed by atoms with Gasteiger partial charge in [0.25, 0.3) is 0 Å². The second-order valence-electron chi connectivity index (χ2n) is 0.635. The van der Waals surface area contributed by atoms with Crippen LogP contribution in [0.3, 0.4) is 0 Å². The molecule has 0 aromatic heterocycles. The van der Waals surface area contributed by atoms with Crippen LogP contribution in [-0.2, 0) is 4.57 Å². The summed E-state index contributed by atoms with van der Waals surface area (Å²) >= 11 is 8.24. The van der Waals surface area contributed by atoms with E-state index in [2.05, 4.69) is 34.0 Å². The Morgan fingerprint density at radius 1 is 1.25 bits per heavy atom. The fourth-order valence-electron chi connectivity index (χ4n) is 0.0922. The summed E-state index contributed by atoms with van der Waals surface area (Å²) in [6, 6.07) is 0. The molecule has 0 unspecified atom stereocenters. The molecule has 40 valence electrons. The van der Waals surface area contributed by atoms with E-state index >= 15 is 0 Å². The third-order valence-corrected chi connectivity index (χ3v) is 1.25. The van der Waals surface area contributed by atoms with Gasteiger partial charge < -0.3 is 0 Å². The quantitative estimate of drug-likeness (QED) is 0.354. The SMILES string of the molecule is O=[P+](N=C=S)N=C=S. The average Bonchev–Trinajstić information content (AvgIpc) is 1.68. The van der Waals surface area contributed by atoms with Gasteiger partial charge in [0.05, 0.1) is 9.53 Å². The van der Waals surface area contributed by atoms with Gasteiger partial charge in [0.15, 0.2) is 0 Å². The lowest BCUT2D eigenvalue weighted by Crippen LogP contribution is -1.42. The van der Waals surface area contributed by atoms with Crippen molar-refractivity contribution < 1.29 is 4.57 Å². The standard InChI is InChI=1S/C2N2OPS2/c5-6(3-1-7)4-2-8/q+1. The lowest BCUT2D eigenvalue weighted by atomic mass is 11.8. The minimum atomic E-state index is -2.01. The van der Waals surface area contributed by atoms with Crippen molar-refractivity contribution >= 4 is 42.9 Å². The third kappa shape index (κ3) is 3.88. The summed E-state index contributed by atoms with van der Waals surface area (Å²) in [5.74, 6) is 0. The van der Waals surface area contributed by atoms with Crippen LogP contribution in [0.4, 0.5) is 0 Å². The van der Waals surface area contributed by atoms with E-state index in [4.69, 9.17) is 0 Å². The van der Waals surface area contributed by atoms with Crippen LogP contribution >= 0.6 is 32.5 Å². The Balaban J connectivity index is 4.04.